The Morgan fingerprint density at radius 2 is 1.55 bits per heavy atom. The van der Waals surface area contributed by atoms with Crippen LogP contribution in [0.1, 0.15) is 43.7 Å². The van der Waals surface area contributed by atoms with Crippen molar-refractivity contribution in [2.45, 2.75) is 44.2 Å². The van der Waals surface area contributed by atoms with E-state index in [1.807, 2.05) is 6.07 Å². The molecule has 0 spiro atoms. The Labute approximate surface area is 121 Å². The molecule has 4 aliphatic rings. The average Bonchev–Trinajstić information content (AvgIpc) is 2.47. The van der Waals surface area contributed by atoms with E-state index in [1.54, 1.807) is 0 Å². The molecular formula is C18H25NO. The lowest BCUT2D eigenvalue weighted by atomic mass is 9.54. The smallest absolute Gasteiger partial charge is 0.0626 e. The highest BCUT2D eigenvalue weighted by Gasteiger charge is 2.48. The number of benzene rings is 1. The van der Waals surface area contributed by atoms with Gasteiger partial charge in [-0.2, -0.15) is 0 Å². The van der Waals surface area contributed by atoms with Crippen molar-refractivity contribution >= 4 is 0 Å². The minimum absolute atomic E-state index is 0.110. The maximum absolute atomic E-state index is 9.77. The maximum atomic E-state index is 9.77. The summed E-state index contributed by atoms with van der Waals surface area (Å²) in [5, 5.41) is 13.6. The van der Waals surface area contributed by atoms with E-state index in [1.165, 1.54) is 37.7 Å². The second-order valence-electron chi connectivity index (χ2n) is 7.27. The first kappa shape index (κ1) is 12.8. The molecule has 0 aromatic heterocycles. The lowest BCUT2D eigenvalue weighted by Crippen LogP contribution is -2.55. The van der Waals surface area contributed by atoms with Gasteiger partial charge in [-0.1, -0.05) is 30.3 Å². The van der Waals surface area contributed by atoms with Crippen molar-refractivity contribution in [3.8, 4) is 0 Å². The Balaban J connectivity index is 1.50. The van der Waals surface area contributed by atoms with Gasteiger partial charge in [0.2, 0.25) is 0 Å². The van der Waals surface area contributed by atoms with E-state index in [-0.39, 0.29) is 12.6 Å². The summed E-state index contributed by atoms with van der Waals surface area (Å²) in [4.78, 5) is 0. The summed E-state index contributed by atoms with van der Waals surface area (Å²) in [7, 11) is 0. The van der Waals surface area contributed by atoms with E-state index in [9.17, 15) is 5.11 Å². The highest BCUT2D eigenvalue weighted by Crippen LogP contribution is 2.54. The number of hydrogen-bond acceptors (Lipinski definition) is 2. The van der Waals surface area contributed by atoms with Crippen molar-refractivity contribution in [2.75, 3.05) is 6.61 Å². The predicted molar refractivity (Wildman–Crippen MR) is 80.2 cm³/mol. The molecule has 4 aliphatic carbocycles. The largest absolute Gasteiger partial charge is 0.394 e. The molecular weight excluding hydrogens is 246 g/mol. The number of aliphatic hydroxyl groups is 1. The zero-order chi connectivity index (χ0) is 13.5. The number of hydrogen-bond donors (Lipinski definition) is 2. The molecule has 4 bridgehead atoms. The van der Waals surface area contributed by atoms with Gasteiger partial charge >= 0.3 is 0 Å². The van der Waals surface area contributed by atoms with Crippen molar-refractivity contribution in [1.82, 2.24) is 5.32 Å². The molecule has 0 aliphatic heterocycles. The standard InChI is InChI=1S/C18H25NO/c20-11-17(14-4-2-1-3-5-14)19-18-15-7-12-6-13(9-15)10-16(18)8-12/h1-5,12-13,15-20H,6-11H2/t12?,13?,15?,16?,17-,18?/m1/s1. The molecule has 0 amide bonds. The van der Waals surface area contributed by atoms with E-state index >= 15 is 0 Å². The molecule has 108 valence electrons. The highest BCUT2D eigenvalue weighted by molar-refractivity contribution is 5.19. The van der Waals surface area contributed by atoms with Crippen molar-refractivity contribution < 1.29 is 5.11 Å². The molecule has 0 saturated heterocycles. The van der Waals surface area contributed by atoms with Crippen molar-refractivity contribution in [1.29, 1.82) is 0 Å². The third kappa shape index (κ3) is 2.19. The molecule has 0 unspecified atom stereocenters. The molecule has 4 saturated carbocycles. The third-order valence-corrected chi connectivity index (χ3v) is 6.00. The molecule has 2 nitrogen and oxygen atoms in total. The Morgan fingerprint density at radius 3 is 2.10 bits per heavy atom. The first-order valence-corrected chi connectivity index (χ1v) is 8.25. The first-order valence-electron chi connectivity index (χ1n) is 8.25. The minimum Gasteiger partial charge on any atom is -0.394 e. The van der Waals surface area contributed by atoms with E-state index in [4.69, 9.17) is 0 Å². The van der Waals surface area contributed by atoms with Crippen LogP contribution in [0.5, 0.6) is 0 Å². The molecule has 5 rings (SSSR count). The van der Waals surface area contributed by atoms with Crippen LogP contribution in [0.15, 0.2) is 30.3 Å². The summed E-state index contributed by atoms with van der Waals surface area (Å²) in [6.07, 6.45) is 7.21. The summed E-state index contributed by atoms with van der Waals surface area (Å²) >= 11 is 0. The van der Waals surface area contributed by atoms with Gasteiger partial charge in [-0.3, -0.25) is 0 Å². The Kier molecular flexibility index (Phi) is 3.31. The zero-order valence-corrected chi connectivity index (χ0v) is 12.0. The van der Waals surface area contributed by atoms with Gasteiger partial charge in [0, 0.05) is 6.04 Å². The van der Waals surface area contributed by atoms with Crippen LogP contribution in [0.25, 0.3) is 0 Å². The lowest BCUT2D eigenvalue weighted by Gasteiger charge is -2.55. The van der Waals surface area contributed by atoms with Crippen LogP contribution in [-0.2, 0) is 0 Å². The summed E-state index contributed by atoms with van der Waals surface area (Å²) in [5.74, 6) is 3.76. The number of aliphatic hydroxyl groups excluding tert-OH is 1. The first-order chi connectivity index (χ1) is 9.83. The predicted octanol–water partition coefficient (Wildman–Crippen LogP) is 3.13. The van der Waals surface area contributed by atoms with Gasteiger partial charge in [-0.15, -0.1) is 0 Å². The summed E-state index contributed by atoms with van der Waals surface area (Å²) in [5.41, 5.74) is 1.23. The second kappa shape index (κ2) is 5.16. The summed E-state index contributed by atoms with van der Waals surface area (Å²) < 4.78 is 0. The highest BCUT2D eigenvalue weighted by atomic mass is 16.3. The molecule has 1 atom stereocenters. The van der Waals surface area contributed by atoms with Gasteiger partial charge < -0.3 is 10.4 Å². The minimum atomic E-state index is 0.110. The molecule has 2 N–H and O–H groups in total. The van der Waals surface area contributed by atoms with Crippen molar-refractivity contribution in [3.63, 3.8) is 0 Å². The van der Waals surface area contributed by atoms with E-state index in [2.05, 4.69) is 29.6 Å². The second-order valence-corrected chi connectivity index (χ2v) is 7.27. The molecule has 1 aromatic carbocycles. The third-order valence-electron chi connectivity index (χ3n) is 6.00. The van der Waals surface area contributed by atoms with Crippen molar-refractivity contribution in [3.05, 3.63) is 35.9 Å². The average molecular weight is 271 g/mol. The summed E-state index contributed by atoms with van der Waals surface area (Å²) in [6.45, 7) is 0.201. The normalized spacial score (nSPS) is 40.0. The molecule has 4 fully saturated rings. The van der Waals surface area contributed by atoms with Gasteiger partial charge in [0.05, 0.1) is 12.6 Å². The van der Waals surface area contributed by atoms with Crippen LogP contribution in [0, 0.1) is 23.7 Å². The molecule has 20 heavy (non-hydrogen) atoms. The fourth-order valence-electron chi connectivity index (χ4n) is 5.37. The van der Waals surface area contributed by atoms with Crippen molar-refractivity contribution in [2.24, 2.45) is 23.7 Å². The summed E-state index contributed by atoms with van der Waals surface area (Å²) in [6, 6.07) is 11.2. The fourth-order valence-corrected chi connectivity index (χ4v) is 5.37. The van der Waals surface area contributed by atoms with Gasteiger partial charge in [0.15, 0.2) is 0 Å². The van der Waals surface area contributed by atoms with E-state index in [0.717, 1.165) is 23.7 Å². The molecule has 1 aromatic rings. The molecule has 2 heteroatoms. The Bertz CT molecular complexity index is 430. The number of nitrogens with one attached hydrogen (secondary N) is 1. The monoisotopic (exact) mass is 271 g/mol. The lowest BCUT2D eigenvalue weighted by molar-refractivity contribution is -0.0202. The van der Waals surface area contributed by atoms with Crippen LogP contribution in [-0.4, -0.2) is 17.8 Å². The maximum Gasteiger partial charge on any atom is 0.0626 e. The molecule has 0 radical (unpaired) electrons. The fraction of sp³-hybridized carbons (Fsp3) is 0.667. The quantitative estimate of drug-likeness (QED) is 0.882. The van der Waals surface area contributed by atoms with Gasteiger partial charge in [0.1, 0.15) is 0 Å². The van der Waals surface area contributed by atoms with Gasteiger partial charge in [0.25, 0.3) is 0 Å². The Hall–Kier alpha value is -0.860. The SMILES string of the molecule is OC[C@@H](NC1C2CC3CC(C2)CC1C3)c1ccccc1. The van der Waals surface area contributed by atoms with Crippen LogP contribution in [0.3, 0.4) is 0 Å². The van der Waals surface area contributed by atoms with Crippen LogP contribution < -0.4 is 5.32 Å². The van der Waals surface area contributed by atoms with Crippen LogP contribution in [0.4, 0.5) is 0 Å². The number of rotatable bonds is 4. The zero-order valence-electron chi connectivity index (χ0n) is 12.0. The van der Waals surface area contributed by atoms with Gasteiger partial charge in [-0.25, -0.2) is 0 Å². The van der Waals surface area contributed by atoms with Crippen LogP contribution >= 0.6 is 0 Å². The Morgan fingerprint density at radius 1 is 0.950 bits per heavy atom. The van der Waals surface area contributed by atoms with E-state index in [0.29, 0.717) is 6.04 Å². The van der Waals surface area contributed by atoms with Gasteiger partial charge in [-0.05, 0) is 61.3 Å². The van der Waals surface area contributed by atoms with Crippen LogP contribution in [0.2, 0.25) is 0 Å². The topological polar surface area (TPSA) is 32.3 Å². The van der Waals surface area contributed by atoms with E-state index < -0.39 is 0 Å². The molecule has 0 heterocycles.